The van der Waals surface area contributed by atoms with Crippen molar-refractivity contribution >= 4 is 26.8 Å². The number of nitrogens with one attached hydrogen (secondary N) is 1. The Hall–Kier alpha value is -2.64. The predicted octanol–water partition coefficient (Wildman–Crippen LogP) is 3.07. The first-order valence-corrected chi connectivity index (χ1v) is 11.4. The molecule has 1 N–H and O–H groups in total. The van der Waals surface area contributed by atoms with Gasteiger partial charge in [0.25, 0.3) is 5.91 Å². The number of rotatable bonds is 4. The van der Waals surface area contributed by atoms with Gasteiger partial charge in [-0.15, -0.1) is 0 Å². The lowest BCUT2D eigenvalue weighted by molar-refractivity contribution is 0.0698. The molecule has 1 aromatic heterocycles. The van der Waals surface area contributed by atoms with Gasteiger partial charge in [-0.25, -0.2) is 8.42 Å². The lowest BCUT2D eigenvalue weighted by Crippen LogP contribution is -2.50. The molecule has 1 aliphatic heterocycles. The molecule has 0 radical (unpaired) electrons. The van der Waals surface area contributed by atoms with Gasteiger partial charge in [-0.3, -0.25) is 4.79 Å². The molecule has 29 heavy (non-hydrogen) atoms. The van der Waals surface area contributed by atoms with E-state index in [1.807, 2.05) is 62.4 Å². The van der Waals surface area contributed by atoms with Crippen LogP contribution in [0.4, 0.5) is 0 Å². The van der Waals surface area contributed by atoms with E-state index in [1.54, 1.807) is 4.90 Å². The van der Waals surface area contributed by atoms with Gasteiger partial charge in [0.2, 0.25) is 10.0 Å². The minimum absolute atomic E-state index is 0.00935. The molecule has 0 unspecified atom stereocenters. The van der Waals surface area contributed by atoms with Crippen LogP contribution in [-0.2, 0) is 15.8 Å². The molecule has 1 saturated heterocycles. The van der Waals surface area contributed by atoms with Crippen molar-refractivity contribution < 1.29 is 13.2 Å². The van der Waals surface area contributed by atoms with E-state index in [2.05, 4.69) is 4.98 Å². The van der Waals surface area contributed by atoms with Crippen molar-refractivity contribution in [3.63, 3.8) is 0 Å². The summed E-state index contributed by atoms with van der Waals surface area (Å²) in [6.07, 6.45) is 0. The summed E-state index contributed by atoms with van der Waals surface area (Å²) in [5.74, 6) is -0.0600. The quantitative estimate of drug-likeness (QED) is 0.717. The standard InChI is InChI=1S/C22H25N3O3S/c1-16-17(2)23-21-9-8-19(14-20(16)21)22(26)24-10-12-25(13-11-24)29(27,28)15-18-6-4-3-5-7-18/h3-9,14,23H,10-13,15H2,1-2H3. The SMILES string of the molecule is Cc1[nH]c2ccc(C(=O)N3CCN(S(=O)(=O)Cc4ccccc4)CC3)cc2c1C. The number of sulfonamides is 1. The van der Waals surface area contributed by atoms with Gasteiger partial charge in [0.15, 0.2) is 0 Å². The van der Waals surface area contributed by atoms with Crippen LogP contribution in [0.25, 0.3) is 10.9 Å². The predicted molar refractivity (Wildman–Crippen MR) is 114 cm³/mol. The molecule has 1 aliphatic rings. The first-order valence-electron chi connectivity index (χ1n) is 9.75. The van der Waals surface area contributed by atoms with Gasteiger partial charge in [-0.2, -0.15) is 4.31 Å². The van der Waals surface area contributed by atoms with Crippen molar-refractivity contribution in [3.05, 3.63) is 70.9 Å². The van der Waals surface area contributed by atoms with E-state index in [0.29, 0.717) is 31.7 Å². The number of H-pyrrole nitrogens is 1. The number of aryl methyl sites for hydroxylation is 2. The maximum atomic E-state index is 13.0. The van der Waals surface area contributed by atoms with Gasteiger partial charge in [0, 0.05) is 48.3 Å². The molecule has 2 aromatic carbocycles. The lowest BCUT2D eigenvalue weighted by Gasteiger charge is -2.34. The van der Waals surface area contributed by atoms with E-state index in [1.165, 1.54) is 4.31 Å². The maximum Gasteiger partial charge on any atom is 0.253 e. The fraction of sp³-hybridized carbons (Fsp3) is 0.318. The third-order valence-corrected chi connectivity index (χ3v) is 7.52. The topological polar surface area (TPSA) is 73.5 Å². The second kappa shape index (κ2) is 7.65. The number of fused-ring (bicyclic) bond motifs is 1. The summed E-state index contributed by atoms with van der Waals surface area (Å²) in [6.45, 7) is 5.51. The number of hydrogen-bond acceptors (Lipinski definition) is 3. The van der Waals surface area contributed by atoms with Gasteiger partial charge < -0.3 is 9.88 Å². The third kappa shape index (κ3) is 3.93. The van der Waals surface area contributed by atoms with Gasteiger partial charge in [0.05, 0.1) is 5.75 Å². The van der Waals surface area contributed by atoms with Crippen LogP contribution in [0.3, 0.4) is 0 Å². The molecule has 7 heteroatoms. The molecule has 6 nitrogen and oxygen atoms in total. The Morgan fingerprint density at radius 3 is 2.38 bits per heavy atom. The summed E-state index contributed by atoms with van der Waals surface area (Å²) in [6, 6.07) is 14.9. The number of piperazine rings is 1. The molecule has 0 atom stereocenters. The number of carbonyl (C=O) groups excluding carboxylic acids is 1. The van der Waals surface area contributed by atoms with Gasteiger partial charge >= 0.3 is 0 Å². The molecule has 0 saturated carbocycles. The third-order valence-electron chi connectivity index (χ3n) is 5.67. The Kier molecular flexibility index (Phi) is 5.19. The zero-order valence-corrected chi connectivity index (χ0v) is 17.5. The van der Waals surface area contributed by atoms with E-state index in [4.69, 9.17) is 0 Å². The van der Waals surface area contributed by atoms with Crippen LogP contribution in [0.15, 0.2) is 48.5 Å². The van der Waals surface area contributed by atoms with Crippen molar-refractivity contribution in [3.8, 4) is 0 Å². The van der Waals surface area contributed by atoms with Crippen molar-refractivity contribution in [1.82, 2.24) is 14.2 Å². The summed E-state index contributed by atoms with van der Waals surface area (Å²) < 4.78 is 26.9. The number of aromatic nitrogens is 1. The van der Waals surface area contributed by atoms with E-state index < -0.39 is 10.0 Å². The summed E-state index contributed by atoms with van der Waals surface area (Å²) in [4.78, 5) is 18.0. The van der Waals surface area contributed by atoms with Gasteiger partial charge in [0.1, 0.15) is 0 Å². The molecule has 4 rings (SSSR count). The Labute approximate surface area is 171 Å². The second-order valence-corrected chi connectivity index (χ2v) is 9.54. The average molecular weight is 412 g/mol. The van der Waals surface area contributed by atoms with Crippen molar-refractivity contribution in [1.29, 1.82) is 0 Å². The average Bonchev–Trinajstić information content (AvgIpc) is 3.01. The van der Waals surface area contributed by atoms with Crippen LogP contribution in [-0.4, -0.2) is 54.7 Å². The van der Waals surface area contributed by atoms with Gasteiger partial charge in [-0.1, -0.05) is 30.3 Å². The van der Waals surface area contributed by atoms with Crippen LogP contribution >= 0.6 is 0 Å². The van der Waals surface area contributed by atoms with Crippen molar-refractivity contribution in [2.75, 3.05) is 26.2 Å². The van der Waals surface area contributed by atoms with E-state index in [0.717, 1.165) is 27.7 Å². The minimum Gasteiger partial charge on any atom is -0.358 e. The van der Waals surface area contributed by atoms with Gasteiger partial charge in [-0.05, 0) is 43.2 Å². The second-order valence-electron chi connectivity index (χ2n) is 7.57. The maximum absolute atomic E-state index is 13.0. The Morgan fingerprint density at radius 1 is 1.00 bits per heavy atom. The molecule has 0 bridgehead atoms. The smallest absolute Gasteiger partial charge is 0.253 e. The molecule has 3 aromatic rings. The van der Waals surface area contributed by atoms with E-state index in [-0.39, 0.29) is 11.7 Å². The number of aromatic amines is 1. The molecular weight excluding hydrogens is 386 g/mol. The first kappa shape index (κ1) is 19.7. The first-order chi connectivity index (χ1) is 13.8. The van der Waals surface area contributed by atoms with Crippen LogP contribution in [0, 0.1) is 13.8 Å². The highest BCUT2D eigenvalue weighted by Crippen LogP contribution is 2.23. The van der Waals surface area contributed by atoms with Crippen molar-refractivity contribution in [2.45, 2.75) is 19.6 Å². The Morgan fingerprint density at radius 2 is 1.69 bits per heavy atom. The summed E-state index contributed by atoms with van der Waals surface area (Å²) in [7, 11) is -3.39. The zero-order chi connectivity index (χ0) is 20.6. The Bertz CT molecular complexity index is 1140. The van der Waals surface area contributed by atoms with E-state index >= 15 is 0 Å². The molecule has 0 spiro atoms. The summed E-state index contributed by atoms with van der Waals surface area (Å²) >= 11 is 0. The number of carbonyl (C=O) groups is 1. The number of nitrogens with zero attached hydrogens (tertiary/aromatic N) is 2. The van der Waals surface area contributed by atoms with Crippen molar-refractivity contribution in [2.24, 2.45) is 0 Å². The molecule has 0 aliphatic carbocycles. The highest BCUT2D eigenvalue weighted by molar-refractivity contribution is 7.88. The fourth-order valence-corrected chi connectivity index (χ4v) is 5.34. The number of hydrogen-bond donors (Lipinski definition) is 1. The highest BCUT2D eigenvalue weighted by atomic mass is 32.2. The van der Waals surface area contributed by atoms with E-state index in [9.17, 15) is 13.2 Å². The lowest BCUT2D eigenvalue weighted by atomic mass is 10.1. The minimum atomic E-state index is -3.39. The molecule has 152 valence electrons. The highest BCUT2D eigenvalue weighted by Gasteiger charge is 2.29. The normalized spacial score (nSPS) is 15.7. The molecule has 2 heterocycles. The van der Waals surface area contributed by atoms with Crippen LogP contribution in [0.2, 0.25) is 0 Å². The molecule has 1 amide bonds. The Balaban J connectivity index is 1.44. The summed E-state index contributed by atoms with van der Waals surface area (Å²) in [5, 5.41) is 1.05. The van der Waals surface area contributed by atoms with Crippen LogP contribution < -0.4 is 0 Å². The molecule has 1 fully saturated rings. The van der Waals surface area contributed by atoms with Crippen LogP contribution in [0.1, 0.15) is 27.2 Å². The zero-order valence-electron chi connectivity index (χ0n) is 16.7. The monoisotopic (exact) mass is 411 g/mol. The fourth-order valence-electron chi connectivity index (χ4n) is 3.82. The summed E-state index contributed by atoms with van der Waals surface area (Å²) in [5.41, 5.74) is 4.68. The molecular formula is C22H25N3O3S. The van der Waals surface area contributed by atoms with Crippen LogP contribution in [0.5, 0.6) is 0 Å². The largest absolute Gasteiger partial charge is 0.358 e. The number of benzene rings is 2. The number of amides is 1.